The van der Waals surface area contributed by atoms with Crippen molar-refractivity contribution in [3.63, 3.8) is 0 Å². The zero-order valence-corrected chi connectivity index (χ0v) is 28.7. The number of alkyl halides is 6. The van der Waals surface area contributed by atoms with Gasteiger partial charge in [-0.15, -0.1) is 13.2 Å². The maximum absolute atomic E-state index is 13.6. The maximum Gasteiger partial charge on any atom is 0.573 e. The van der Waals surface area contributed by atoms with Crippen LogP contribution in [0.2, 0.25) is 5.02 Å². The fourth-order valence-corrected chi connectivity index (χ4v) is 7.75. The minimum atomic E-state index is -5.08. The number of hydrogen-bond donors (Lipinski definition) is 3. The number of carboxylic acid groups (broad SMARTS) is 1. The van der Waals surface area contributed by atoms with Crippen LogP contribution in [-0.4, -0.2) is 97.2 Å². The molecule has 1 saturated carbocycles. The van der Waals surface area contributed by atoms with E-state index in [2.05, 4.69) is 28.8 Å². The molecule has 2 aromatic carbocycles. The topological polar surface area (TPSA) is 159 Å². The van der Waals surface area contributed by atoms with Crippen molar-refractivity contribution in [2.24, 2.45) is 5.92 Å². The van der Waals surface area contributed by atoms with Crippen molar-refractivity contribution < 1.29 is 59.0 Å². The number of aliphatic carboxylic acids is 1. The lowest BCUT2D eigenvalue weighted by molar-refractivity contribution is -0.274. The van der Waals surface area contributed by atoms with Gasteiger partial charge >= 0.3 is 18.5 Å². The first-order chi connectivity index (χ1) is 23.0. The first-order valence-corrected chi connectivity index (χ1v) is 17.3. The second-order valence-corrected chi connectivity index (χ2v) is 14.7. The van der Waals surface area contributed by atoms with Crippen LogP contribution in [0.1, 0.15) is 49.9 Å². The van der Waals surface area contributed by atoms with E-state index < -0.39 is 46.0 Å². The SMILES string of the molecule is CC(C)N(C)[C@@H]1CC[C@H](N2CC[C@H](NC(=O)c3cc(OC(F)(F)F)ccc3N)C2=O)[C@H](CS(=O)(=O)c2ccc(Cl)cc2)C1.O=C(O)C(F)(F)F. The van der Waals surface area contributed by atoms with Crippen LogP contribution in [0, 0.1) is 5.92 Å². The summed E-state index contributed by atoms with van der Waals surface area (Å²) in [6.07, 6.45) is -7.87. The molecule has 0 spiro atoms. The Morgan fingerprint density at radius 3 is 2.22 bits per heavy atom. The summed E-state index contributed by atoms with van der Waals surface area (Å²) in [5.41, 5.74) is 5.51. The lowest BCUT2D eigenvalue weighted by Gasteiger charge is -2.44. The van der Waals surface area contributed by atoms with Crippen LogP contribution in [0.4, 0.5) is 32.0 Å². The van der Waals surface area contributed by atoms with Crippen molar-refractivity contribution >= 4 is 44.9 Å². The number of nitrogen functional groups attached to an aromatic ring is 1. The van der Waals surface area contributed by atoms with E-state index in [-0.39, 0.29) is 58.3 Å². The van der Waals surface area contributed by atoms with Gasteiger partial charge in [-0.2, -0.15) is 13.2 Å². The normalized spacial score (nSPS) is 21.5. The van der Waals surface area contributed by atoms with Crippen LogP contribution in [0.15, 0.2) is 47.4 Å². The Balaban J connectivity index is 0.000000872. The van der Waals surface area contributed by atoms with Crippen LogP contribution < -0.4 is 15.8 Å². The summed E-state index contributed by atoms with van der Waals surface area (Å²) in [4.78, 5) is 39.5. The lowest BCUT2D eigenvalue weighted by atomic mass is 9.81. The quantitative estimate of drug-likeness (QED) is 0.233. The Morgan fingerprint density at radius 1 is 1.08 bits per heavy atom. The van der Waals surface area contributed by atoms with Gasteiger partial charge in [0.05, 0.1) is 16.2 Å². The number of amides is 2. The number of hydrogen-bond acceptors (Lipinski definition) is 8. The number of rotatable bonds is 9. The maximum atomic E-state index is 13.6. The third-order valence-electron chi connectivity index (χ3n) is 8.60. The Morgan fingerprint density at radius 2 is 1.68 bits per heavy atom. The van der Waals surface area contributed by atoms with E-state index in [4.69, 9.17) is 27.2 Å². The molecule has 11 nitrogen and oxygen atoms in total. The highest BCUT2D eigenvalue weighted by Crippen LogP contribution is 2.36. The smallest absolute Gasteiger partial charge is 0.475 e. The molecule has 0 radical (unpaired) electrons. The fraction of sp³-hybridized carbons (Fsp3) is 0.516. The highest BCUT2D eigenvalue weighted by atomic mass is 35.5. The van der Waals surface area contributed by atoms with Crippen molar-refractivity contribution in [1.29, 1.82) is 0 Å². The molecule has 278 valence electrons. The molecule has 2 aliphatic rings. The molecule has 0 aromatic heterocycles. The molecule has 1 aliphatic heterocycles. The van der Waals surface area contributed by atoms with E-state index in [1.807, 2.05) is 7.05 Å². The monoisotopic (exact) mass is 758 g/mol. The highest BCUT2D eigenvalue weighted by molar-refractivity contribution is 7.91. The van der Waals surface area contributed by atoms with Crippen molar-refractivity contribution in [2.75, 3.05) is 25.1 Å². The van der Waals surface area contributed by atoms with Crippen LogP contribution in [0.5, 0.6) is 5.75 Å². The molecule has 2 amide bonds. The van der Waals surface area contributed by atoms with Gasteiger partial charge in [-0.25, -0.2) is 13.2 Å². The number of nitrogens with zero attached hydrogens (tertiary/aromatic N) is 2. The van der Waals surface area contributed by atoms with Crippen molar-refractivity contribution in [3.05, 3.63) is 53.1 Å². The Kier molecular flexibility index (Phi) is 13.1. The Hall–Kier alpha value is -3.77. The summed E-state index contributed by atoms with van der Waals surface area (Å²) in [7, 11) is -1.70. The summed E-state index contributed by atoms with van der Waals surface area (Å²) in [6.45, 7) is 4.43. The van der Waals surface area contributed by atoms with Crippen molar-refractivity contribution in [1.82, 2.24) is 15.1 Å². The molecule has 0 unspecified atom stereocenters. The molecule has 19 heteroatoms. The average molecular weight is 759 g/mol. The number of carbonyl (C=O) groups excluding carboxylic acids is 2. The molecular formula is C31H37ClF6N4O7S. The molecule has 0 bridgehead atoms. The number of halogens is 7. The molecule has 50 heavy (non-hydrogen) atoms. The first kappa shape index (κ1) is 40.7. The predicted octanol–water partition coefficient (Wildman–Crippen LogP) is 5.14. The highest BCUT2D eigenvalue weighted by Gasteiger charge is 2.44. The van der Waals surface area contributed by atoms with Gasteiger partial charge in [0.15, 0.2) is 9.84 Å². The van der Waals surface area contributed by atoms with Gasteiger partial charge in [0.1, 0.15) is 11.8 Å². The molecule has 2 aromatic rings. The van der Waals surface area contributed by atoms with E-state index in [0.717, 1.165) is 24.6 Å². The minimum Gasteiger partial charge on any atom is -0.475 e. The largest absolute Gasteiger partial charge is 0.573 e. The molecule has 1 heterocycles. The first-order valence-electron chi connectivity index (χ1n) is 15.3. The summed E-state index contributed by atoms with van der Waals surface area (Å²) in [6, 6.07) is 8.05. The number of carbonyl (C=O) groups is 3. The zero-order chi connectivity index (χ0) is 37.8. The number of nitrogens with two attached hydrogens (primary N) is 1. The van der Waals surface area contributed by atoms with E-state index in [9.17, 15) is 44.3 Å². The summed E-state index contributed by atoms with van der Waals surface area (Å²) < 4.78 is 101. The van der Waals surface area contributed by atoms with Crippen LogP contribution in [0.25, 0.3) is 0 Å². The molecule has 1 saturated heterocycles. The standard InChI is InChI=1S/C29H36ClF3N4O5S.C2HF3O2/c1-17(2)36(3)20-6-11-26(18(14-20)16-43(40,41)22-8-4-19(30)5-9-22)37-13-12-25(28(37)39)35-27(38)23-15-21(7-10-24(23)34)42-29(31,32)33;3-2(4,5)1(6)7/h4-5,7-10,15,17-18,20,25-26H,6,11-14,16,34H2,1-3H3,(H,35,38);(H,6,7)/t18-,20+,25-,26-;/m0./s1. The number of likely N-dealkylation sites (tertiary alicyclic amines) is 1. The summed E-state index contributed by atoms with van der Waals surface area (Å²) >= 11 is 5.96. The predicted molar refractivity (Wildman–Crippen MR) is 170 cm³/mol. The van der Waals surface area contributed by atoms with Crippen LogP contribution in [-0.2, 0) is 19.4 Å². The number of sulfone groups is 1. The molecule has 4 atom stereocenters. The third kappa shape index (κ3) is 10.9. The van der Waals surface area contributed by atoms with Gasteiger partial charge in [-0.05, 0) is 95.0 Å². The third-order valence-corrected chi connectivity index (χ3v) is 10.7. The lowest BCUT2D eigenvalue weighted by Crippen LogP contribution is -2.53. The van der Waals surface area contributed by atoms with Crippen LogP contribution >= 0.6 is 11.6 Å². The molecule has 4 N–H and O–H groups in total. The molecule has 4 rings (SSSR count). The van der Waals surface area contributed by atoms with Crippen LogP contribution in [0.3, 0.4) is 0 Å². The summed E-state index contributed by atoms with van der Waals surface area (Å²) in [5.74, 6) is -5.08. The van der Waals surface area contributed by atoms with Crippen molar-refractivity contribution in [2.45, 2.75) is 81.1 Å². The van der Waals surface area contributed by atoms with E-state index in [1.165, 1.54) is 24.3 Å². The molecule has 2 fully saturated rings. The average Bonchev–Trinajstić information content (AvgIpc) is 3.35. The van der Waals surface area contributed by atoms with Gasteiger partial charge in [-0.1, -0.05) is 11.6 Å². The minimum absolute atomic E-state index is 0.0746. The van der Waals surface area contributed by atoms with E-state index >= 15 is 0 Å². The summed E-state index contributed by atoms with van der Waals surface area (Å²) in [5, 5.41) is 10.1. The molecular weight excluding hydrogens is 722 g/mol. The number of anilines is 1. The second kappa shape index (κ2) is 16.1. The number of carboxylic acids is 1. The Bertz CT molecular complexity index is 1640. The van der Waals surface area contributed by atoms with Gasteiger partial charge in [0.2, 0.25) is 5.91 Å². The van der Waals surface area contributed by atoms with Gasteiger partial charge in [0, 0.05) is 35.4 Å². The number of benzene rings is 2. The second-order valence-electron chi connectivity index (χ2n) is 12.2. The van der Waals surface area contributed by atoms with Gasteiger partial charge in [0.25, 0.3) is 5.91 Å². The zero-order valence-electron chi connectivity index (χ0n) is 27.1. The number of nitrogens with one attached hydrogen (secondary N) is 1. The Labute approximate surface area is 289 Å². The fourth-order valence-electron chi connectivity index (χ4n) is 5.95. The van der Waals surface area contributed by atoms with Gasteiger partial charge < -0.3 is 30.7 Å². The number of ether oxygens (including phenoxy) is 1. The van der Waals surface area contributed by atoms with E-state index in [1.54, 1.807) is 4.90 Å². The molecule has 1 aliphatic carbocycles. The van der Waals surface area contributed by atoms with Crippen molar-refractivity contribution in [3.8, 4) is 5.75 Å². The van der Waals surface area contributed by atoms with E-state index in [0.29, 0.717) is 24.4 Å². The van der Waals surface area contributed by atoms with Gasteiger partial charge in [-0.3, -0.25) is 9.59 Å².